The first-order valence-electron chi connectivity index (χ1n) is 6.21. The first-order valence-corrected chi connectivity index (χ1v) is 7.00. The summed E-state index contributed by atoms with van der Waals surface area (Å²) in [6, 6.07) is 4.43. The molecule has 1 unspecified atom stereocenters. The summed E-state index contributed by atoms with van der Waals surface area (Å²) in [5.74, 6) is 1.26. The minimum atomic E-state index is -0.315. The van der Waals surface area contributed by atoms with Gasteiger partial charge in [-0.2, -0.15) is 4.98 Å². The Labute approximate surface area is 118 Å². The lowest BCUT2D eigenvalue weighted by Crippen LogP contribution is -2.10. The molecule has 1 aliphatic rings. The second-order valence-electron chi connectivity index (χ2n) is 4.70. The molecule has 0 bridgehead atoms. The fourth-order valence-corrected chi connectivity index (χ4v) is 2.68. The highest BCUT2D eigenvalue weighted by atomic mass is 79.9. The standard InChI is InChI=1S/C13H13BrFN3O/c14-11-2-1-9(15)6-10(11)13-17-12(19-18-13)5-8-3-4-16-7-8/h1-2,6,8,16H,3-5,7H2. The maximum Gasteiger partial charge on any atom is 0.227 e. The van der Waals surface area contributed by atoms with Crippen molar-refractivity contribution < 1.29 is 8.91 Å². The van der Waals surface area contributed by atoms with Gasteiger partial charge in [-0.25, -0.2) is 4.39 Å². The third-order valence-electron chi connectivity index (χ3n) is 3.26. The van der Waals surface area contributed by atoms with E-state index in [4.69, 9.17) is 4.52 Å². The van der Waals surface area contributed by atoms with Gasteiger partial charge in [0.1, 0.15) is 5.82 Å². The van der Waals surface area contributed by atoms with Crippen molar-refractivity contribution in [1.29, 1.82) is 0 Å². The number of nitrogens with one attached hydrogen (secondary N) is 1. The van der Waals surface area contributed by atoms with Gasteiger partial charge in [-0.1, -0.05) is 21.1 Å². The third kappa shape index (κ3) is 2.84. The molecule has 3 rings (SSSR count). The van der Waals surface area contributed by atoms with Crippen molar-refractivity contribution in [3.05, 3.63) is 34.4 Å². The quantitative estimate of drug-likeness (QED) is 0.942. The predicted molar refractivity (Wildman–Crippen MR) is 72.1 cm³/mol. The molecule has 0 radical (unpaired) electrons. The lowest BCUT2D eigenvalue weighted by molar-refractivity contribution is 0.358. The fraction of sp³-hybridized carbons (Fsp3) is 0.385. The maximum absolute atomic E-state index is 13.3. The van der Waals surface area contributed by atoms with Gasteiger partial charge in [0.25, 0.3) is 0 Å². The number of aromatic nitrogens is 2. The van der Waals surface area contributed by atoms with Crippen molar-refractivity contribution in [3.63, 3.8) is 0 Å². The zero-order chi connectivity index (χ0) is 13.2. The molecule has 1 aromatic heterocycles. The second-order valence-corrected chi connectivity index (χ2v) is 5.55. The van der Waals surface area contributed by atoms with Crippen molar-refractivity contribution in [2.24, 2.45) is 5.92 Å². The van der Waals surface area contributed by atoms with Gasteiger partial charge in [0, 0.05) is 16.5 Å². The number of benzene rings is 1. The highest BCUT2D eigenvalue weighted by Gasteiger charge is 2.19. The van der Waals surface area contributed by atoms with E-state index in [0.29, 0.717) is 23.2 Å². The number of halogens is 2. The highest BCUT2D eigenvalue weighted by molar-refractivity contribution is 9.10. The van der Waals surface area contributed by atoms with Crippen LogP contribution in [0.4, 0.5) is 4.39 Å². The first kappa shape index (κ1) is 12.7. The van der Waals surface area contributed by atoms with Crippen LogP contribution in [0.1, 0.15) is 12.3 Å². The Hall–Kier alpha value is -1.27. The Bertz CT molecular complexity index is 581. The van der Waals surface area contributed by atoms with Gasteiger partial charge in [-0.15, -0.1) is 0 Å². The Kier molecular flexibility index (Phi) is 3.61. The minimum Gasteiger partial charge on any atom is -0.339 e. The Morgan fingerprint density at radius 2 is 2.37 bits per heavy atom. The van der Waals surface area contributed by atoms with E-state index < -0.39 is 0 Å². The summed E-state index contributed by atoms with van der Waals surface area (Å²) in [6.07, 6.45) is 1.90. The van der Waals surface area contributed by atoms with Crippen LogP contribution in [0.25, 0.3) is 11.4 Å². The molecule has 1 saturated heterocycles. The van der Waals surface area contributed by atoms with Gasteiger partial charge in [0.05, 0.1) is 0 Å². The molecule has 1 fully saturated rings. The molecule has 0 aliphatic carbocycles. The third-order valence-corrected chi connectivity index (χ3v) is 3.95. The van der Waals surface area contributed by atoms with Gasteiger partial charge < -0.3 is 9.84 Å². The van der Waals surface area contributed by atoms with Gasteiger partial charge >= 0.3 is 0 Å². The van der Waals surface area contributed by atoms with Gasteiger partial charge in [-0.3, -0.25) is 0 Å². The number of nitrogens with zero attached hydrogens (tertiary/aromatic N) is 2. The number of rotatable bonds is 3. The normalized spacial score (nSPS) is 18.9. The average molecular weight is 326 g/mol. The van der Waals surface area contributed by atoms with Crippen LogP contribution in [0, 0.1) is 11.7 Å². The van der Waals surface area contributed by atoms with E-state index in [-0.39, 0.29) is 5.82 Å². The fourth-order valence-electron chi connectivity index (χ4n) is 2.25. The topological polar surface area (TPSA) is 51.0 Å². The molecule has 0 saturated carbocycles. The van der Waals surface area contributed by atoms with E-state index >= 15 is 0 Å². The van der Waals surface area contributed by atoms with E-state index in [1.54, 1.807) is 6.07 Å². The van der Waals surface area contributed by atoms with Crippen LogP contribution in [0.5, 0.6) is 0 Å². The monoisotopic (exact) mass is 325 g/mol. The zero-order valence-electron chi connectivity index (χ0n) is 10.2. The minimum absolute atomic E-state index is 0.315. The van der Waals surface area contributed by atoms with E-state index in [1.807, 2.05) is 0 Å². The molecular weight excluding hydrogens is 313 g/mol. The average Bonchev–Trinajstić information content (AvgIpc) is 3.04. The number of hydrogen-bond acceptors (Lipinski definition) is 4. The van der Waals surface area contributed by atoms with Crippen molar-refractivity contribution in [2.75, 3.05) is 13.1 Å². The Morgan fingerprint density at radius 3 is 3.16 bits per heavy atom. The zero-order valence-corrected chi connectivity index (χ0v) is 11.8. The first-order chi connectivity index (χ1) is 9.22. The molecule has 6 heteroatoms. The predicted octanol–water partition coefficient (Wildman–Crippen LogP) is 2.79. The Morgan fingerprint density at radius 1 is 1.47 bits per heavy atom. The summed E-state index contributed by atoms with van der Waals surface area (Å²) in [4.78, 5) is 4.34. The van der Waals surface area contributed by atoms with E-state index in [0.717, 1.165) is 30.4 Å². The van der Waals surface area contributed by atoms with Crippen molar-refractivity contribution >= 4 is 15.9 Å². The van der Waals surface area contributed by atoms with E-state index in [9.17, 15) is 4.39 Å². The molecule has 1 N–H and O–H groups in total. The smallest absolute Gasteiger partial charge is 0.227 e. The molecule has 1 atom stereocenters. The molecule has 19 heavy (non-hydrogen) atoms. The van der Waals surface area contributed by atoms with Gasteiger partial charge in [0.2, 0.25) is 11.7 Å². The summed E-state index contributed by atoms with van der Waals surface area (Å²) in [6.45, 7) is 2.03. The van der Waals surface area contributed by atoms with Crippen LogP contribution in [-0.2, 0) is 6.42 Å². The van der Waals surface area contributed by atoms with E-state index in [2.05, 4.69) is 31.4 Å². The van der Waals surface area contributed by atoms with Crippen LogP contribution in [-0.4, -0.2) is 23.2 Å². The number of hydrogen-bond donors (Lipinski definition) is 1. The summed E-state index contributed by atoms with van der Waals surface area (Å²) >= 11 is 3.37. The van der Waals surface area contributed by atoms with Crippen LogP contribution < -0.4 is 5.32 Å². The summed E-state index contributed by atoms with van der Waals surface area (Å²) < 4.78 is 19.2. The largest absolute Gasteiger partial charge is 0.339 e. The Balaban J connectivity index is 1.82. The van der Waals surface area contributed by atoms with Gasteiger partial charge in [0.15, 0.2) is 0 Å². The highest BCUT2D eigenvalue weighted by Crippen LogP contribution is 2.27. The van der Waals surface area contributed by atoms with Gasteiger partial charge in [-0.05, 0) is 43.6 Å². The van der Waals surface area contributed by atoms with Crippen LogP contribution >= 0.6 is 15.9 Å². The van der Waals surface area contributed by atoms with Crippen molar-refractivity contribution in [2.45, 2.75) is 12.8 Å². The van der Waals surface area contributed by atoms with Crippen molar-refractivity contribution in [3.8, 4) is 11.4 Å². The summed E-state index contributed by atoms with van der Waals surface area (Å²) in [5, 5.41) is 7.23. The molecule has 0 amide bonds. The lowest BCUT2D eigenvalue weighted by Gasteiger charge is -2.02. The summed E-state index contributed by atoms with van der Waals surface area (Å²) in [5.41, 5.74) is 0.611. The molecule has 100 valence electrons. The molecule has 0 spiro atoms. The molecular formula is C13H13BrFN3O. The second kappa shape index (κ2) is 5.38. The molecule has 4 nitrogen and oxygen atoms in total. The SMILES string of the molecule is Fc1ccc(Br)c(-c2noc(CC3CCNC3)n2)c1. The van der Waals surface area contributed by atoms with Crippen LogP contribution in [0.3, 0.4) is 0 Å². The van der Waals surface area contributed by atoms with Crippen molar-refractivity contribution in [1.82, 2.24) is 15.5 Å². The molecule has 1 aliphatic heterocycles. The maximum atomic E-state index is 13.3. The molecule has 2 aromatic rings. The van der Waals surface area contributed by atoms with Crippen LogP contribution in [0.15, 0.2) is 27.2 Å². The van der Waals surface area contributed by atoms with E-state index in [1.165, 1.54) is 12.1 Å². The molecule has 2 heterocycles. The van der Waals surface area contributed by atoms with Crippen LogP contribution in [0.2, 0.25) is 0 Å². The summed E-state index contributed by atoms with van der Waals surface area (Å²) in [7, 11) is 0. The molecule has 1 aromatic carbocycles. The lowest BCUT2D eigenvalue weighted by atomic mass is 10.1.